The van der Waals surface area contributed by atoms with E-state index in [4.69, 9.17) is 16.3 Å². The summed E-state index contributed by atoms with van der Waals surface area (Å²) in [5.41, 5.74) is 1.32. The van der Waals surface area contributed by atoms with Crippen LogP contribution in [0.1, 0.15) is 16.5 Å². The van der Waals surface area contributed by atoms with Gasteiger partial charge in [0.25, 0.3) is 0 Å². The largest absolute Gasteiger partial charge is 0.379 e. The standard InChI is InChI=1S/C21H23ClN2OS/c22-21-17-8-4-5-9-19(17)26-20(21)14-23-18(16-6-2-1-3-7-16)15-24-10-12-25-13-11-24/h1-9,18,23H,10-15H2. The van der Waals surface area contributed by atoms with Gasteiger partial charge in [0.2, 0.25) is 0 Å². The Balaban J connectivity index is 1.51. The van der Waals surface area contributed by atoms with E-state index in [1.807, 2.05) is 6.07 Å². The van der Waals surface area contributed by atoms with Gasteiger partial charge in [0.15, 0.2) is 0 Å². The fourth-order valence-electron chi connectivity index (χ4n) is 3.41. The zero-order chi connectivity index (χ0) is 17.8. The van der Waals surface area contributed by atoms with Crippen LogP contribution >= 0.6 is 22.9 Å². The zero-order valence-electron chi connectivity index (χ0n) is 14.7. The molecule has 3 nitrogen and oxygen atoms in total. The second-order valence-corrected chi connectivity index (χ2v) is 8.11. The van der Waals surface area contributed by atoms with E-state index >= 15 is 0 Å². The molecule has 1 fully saturated rings. The average molecular weight is 387 g/mol. The lowest BCUT2D eigenvalue weighted by molar-refractivity contribution is 0.0333. The maximum atomic E-state index is 6.62. The first-order valence-electron chi connectivity index (χ1n) is 9.05. The molecule has 0 aliphatic carbocycles. The minimum atomic E-state index is 0.274. The van der Waals surface area contributed by atoms with Crippen LogP contribution in [-0.2, 0) is 11.3 Å². The van der Waals surface area contributed by atoms with Crippen molar-refractivity contribution < 1.29 is 4.74 Å². The lowest BCUT2D eigenvalue weighted by Gasteiger charge is -2.31. The van der Waals surface area contributed by atoms with E-state index in [1.165, 1.54) is 15.1 Å². The molecule has 26 heavy (non-hydrogen) atoms. The van der Waals surface area contributed by atoms with Crippen molar-refractivity contribution in [3.8, 4) is 0 Å². The van der Waals surface area contributed by atoms with Crippen LogP contribution < -0.4 is 5.32 Å². The fraction of sp³-hybridized carbons (Fsp3) is 0.333. The third-order valence-corrected chi connectivity index (χ3v) is 6.57. The smallest absolute Gasteiger partial charge is 0.0636 e. The molecule has 1 aromatic heterocycles. The Kier molecular flexibility index (Phi) is 5.88. The number of nitrogens with one attached hydrogen (secondary N) is 1. The Morgan fingerprint density at radius 2 is 1.77 bits per heavy atom. The summed E-state index contributed by atoms with van der Waals surface area (Å²) in [5.74, 6) is 0. The van der Waals surface area contributed by atoms with Crippen molar-refractivity contribution in [3.63, 3.8) is 0 Å². The summed E-state index contributed by atoms with van der Waals surface area (Å²) in [5, 5.41) is 5.78. The van der Waals surface area contributed by atoms with Gasteiger partial charge in [-0.1, -0.05) is 60.1 Å². The molecule has 3 aromatic rings. The molecule has 0 spiro atoms. The van der Waals surface area contributed by atoms with Gasteiger partial charge in [0.05, 0.1) is 18.2 Å². The summed E-state index contributed by atoms with van der Waals surface area (Å²) >= 11 is 8.40. The van der Waals surface area contributed by atoms with E-state index in [9.17, 15) is 0 Å². The maximum absolute atomic E-state index is 6.62. The van der Waals surface area contributed by atoms with Crippen LogP contribution in [0.25, 0.3) is 10.1 Å². The molecule has 1 atom stereocenters. The number of ether oxygens (including phenoxy) is 1. The van der Waals surface area contributed by atoms with Gasteiger partial charge in [0.1, 0.15) is 0 Å². The Morgan fingerprint density at radius 1 is 1.04 bits per heavy atom. The molecule has 1 aliphatic rings. The molecule has 0 bridgehead atoms. The number of rotatable bonds is 6. The van der Waals surface area contributed by atoms with Crippen molar-refractivity contribution in [1.29, 1.82) is 0 Å². The highest BCUT2D eigenvalue weighted by molar-refractivity contribution is 7.19. The molecule has 2 aromatic carbocycles. The Bertz CT molecular complexity index is 846. The average Bonchev–Trinajstić information content (AvgIpc) is 3.03. The number of fused-ring (bicyclic) bond motifs is 1. The number of halogens is 1. The Labute approximate surface area is 163 Å². The normalized spacial score (nSPS) is 16.8. The number of hydrogen-bond acceptors (Lipinski definition) is 4. The third kappa shape index (κ3) is 4.11. The molecule has 4 rings (SSSR count). The summed E-state index contributed by atoms with van der Waals surface area (Å²) in [6, 6.07) is 19.3. The number of thiophene rings is 1. The van der Waals surface area contributed by atoms with Gasteiger partial charge in [-0.3, -0.25) is 4.90 Å². The first-order valence-corrected chi connectivity index (χ1v) is 10.2. The van der Waals surface area contributed by atoms with Crippen molar-refractivity contribution >= 4 is 33.0 Å². The predicted molar refractivity (Wildman–Crippen MR) is 110 cm³/mol. The van der Waals surface area contributed by atoms with Crippen molar-refractivity contribution in [2.24, 2.45) is 0 Å². The van der Waals surface area contributed by atoms with Crippen molar-refractivity contribution in [2.45, 2.75) is 12.6 Å². The Hall–Kier alpha value is -1.43. The van der Waals surface area contributed by atoms with Gasteiger partial charge in [-0.25, -0.2) is 0 Å². The molecular weight excluding hydrogens is 364 g/mol. The molecule has 1 N–H and O–H groups in total. The molecule has 1 unspecified atom stereocenters. The van der Waals surface area contributed by atoms with Crippen LogP contribution in [0, 0.1) is 0 Å². The van der Waals surface area contributed by atoms with E-state index < -0.39 is 0 Å². The maximum Gasteiger partial charge on any atom is 0.0636 e. The molecule has 0 amide bonds. The van der Waals surface area contributed by atoms with Gasteiger partial charge in [-0.2, -0.15) is 0 Å². The highest BCUT2D eigenvalue weighted by Gasteiger charge is 2.19. The summed E-state index contributed by atoms with van der Waals surface area (Å²) in [6.07, 6.45) is 0. The van der Waals surface area contributed by atoms with Crippen molar-refractivity contribution in [1.82, 2.24) is 10.2 Å². The van der Waals surface area contributed by atoms with Crippen LogP contribution in [0.4, 0.5) is 0 Å². The monoisotopic (exact) mass is 386 g/mol. The van der Waals surface area contributed by atoms with Crippen LogP contribution in [-0.4, -0.2) is 37.7 Å². The molecule has 2 heterocycles. The molecule has 1 saturated heterocycles. The number of benzene rings is 2. The van der Waals surface area contributed by atoms with E-state index in [-0.39, 0.29) is 6.04 Å². The first kappa shape index (κ1) is 18.0. The molecule has 5 heteroatoms. The minimum Gasteiger partial charge on any atom is -0.379 e. The van der Waals surface area contributed by atoms with Crippen LogP contribution in [0.3, 0.4) is 0 Å². The highest BCUT2D eigenvalue weighted by Crippen LogP contribution is 2.35. The SMILES string of the molecule is Clc1c(CNC(CN2CCOCC2)c2ccccc2)sc2ccccc12. The number of hydrogen-bond donors (Lipinski definition) is 1. The quantitative estimate of drug-likeness (QED) is 0.663. The molecule has 0 radical (unpaired) electrons. The molecule has 0 saturated carbocycles. The van der Waals surface area contributed by atoms with E-state index in [2.05, 4.69) is 58.7 Å². The van der Waals surface area contributed by atoms with E-state index in [0.29, 0.717) is 0 Å². The fourth-order valence-corrected chi connectivity index (χ4v) is 4.86. The summed E-state index contributed by atoms with van der Waals surface area (Å²) in [6.45, 7) is 5.40. The van der Waals surface area contributed by atoms with E-state index in [0.717, 1.165) is 49.8 Å². The second kappa shape index (κ2) is 8.51. The summed E-state index contributed by atoms with van der Waals surface area (Å²) < 4.78 is 6.74. The van der Waals surface area contributed by atoms with Crippen molar-refractivity contribution in [2.75, 3.05) is 32.8 Å². The van der Waals surface area contributed by atoms with Gasteiger partial charge in [-0.05, 0) is 11.6 Å². The lowest BCUT2D eigenvalue weighted by Crippen LogP contribution is -2.41. The lowest BCUT2D eigenvalue weighted by atomic mass is 10.1. The summed E-state index contributed by atoms with van der Waals surface area (Å²) in [7, 11) is 0. The summed E-state index contributed by atoms with van der Waals surface area (Å²) in [4.78, 5) is 3.68. The molecular formula is C21H23ClN2OS. The highest BCUT2D eigenvalue weighted by atomic mass is 35.5. The van der Waals surface area contributed by atoms with Gasteiger partial charge in [-0.15, -0.1) is 11.3 Å². The van der Waals surface area contributed by atoms with Crippen LogP contribution in [0.2, 0.25) is 5.02 Å². The van der Waals surface area contributed by atoms with E-state index in [1.54, 1.807) is 11.3 Å². The zero-order valence-corrected chi connectivity index (χ0v) is 16.2. The van der Waals surface area contributed by atoms with Crippen LogP contribution in [0.5, 0.6) is 0 Å². The number of morpholine rings is 1. The molecule has 136 valence electrons. The van der Waals surface area contributed by atoms with Gasteiger partial charge in [0, 0.05) is 47.2 Å². The topological polar surface area (TPSA) is 24.5 Å². The van der Waals surface area contributed by atoms with Crippen LogP contribution in [0.15, 0.2) is 54.6 Å². The van der Waals surface area contributed by atoms with Gasteiger partial charge < -0.3 is 10.1 Å². The molecule has 1 aliphatic heterocycles. The minimum absolute atomic E-state index is 0.274. The third-order valence-electron chi connectivity index (χ3n) is 4.86. The first-order chi connectivity index (χ1) is 12.8. The number of nitrogens with zero attached hydrogens (tertiary/aromatic N) is 1. The Morgan fingerprint density at radius 3 is 2.54 bits per heavy atom. The second-order valence-electron chi connectivity index (χ2n) is 6.59. The predicted octanol–water partition coefficient (Wildman–Crippen LogP) is 4.72. The van der Waals surface area contributed by atoms with Crippen molar-refractivity contribution in [3.05, 3.63) is 70.1 Å². The van der Waals surface area contributed by atoms with Gasteiger partial charge >= 0.3 is 0 Å².